The van der Waals surface area contributed by atoms with Crippen LogP contribution < -0.4 is 0 Å². The summed E-state index contributed by atoms with van der Waals surface area (Å²) < 4.78 is 0. The summed E-state index contributed by atoms with van der Waals surface area (Å²) in [6.07, 6.45) is 0. The predicted molar refractivity (Wildman–Crippen MR) is 69.5 cm³/mol. The summed E-state index contributed by atoms with van der Waals surface area (Å²) in [5.41, 5.74) is -0.00305. The molecule has 9 heteroatoms. The van der Waals surface area contributed by atoms with E-state index in [-0.39, 0.29) is 18.1 Å². The third-order valence-electron chi connectivity index (χ3n) is 2.53. The third kappa shape index (κ3) is 4.35. The number of aromatic amines is 1. The summed E-state index contributed by atoms with van der Waals surface area (Å²) in [5, 5.41) is 19.4. The fraction of sp³-hybridized carbons (Fsp3) is 0.455. The van der Waals surface area contributed by atoms with Crippen molar-refractivity contribution in [2.75, 3.05) is 33.7 Å². The second kappa shape index (κ2) is 6.66. The number of carbonyl (C=O) groups excluding carboxylic acids is 1. The van der Waals surface area contributed by atoms with Crippen LogP contribution in [0.4, 0.5) is 5.82 Å². The van der Waals surface area contributed by atoms with Crippen LogP contribution in [0, 0.1) is 10.1 Å². The van der Waals surface area contributed by atoms with Gasteiger partial charge in [-0.3, -0.25) is 9.59 Å². The Morgan fingerprint density at radius 2 is 2.00 bits per heavy atom. The van der Waals surface area contributed by atoms with E-state index in [0.29, 0.717) is 6.54 Å². The number of likely N-dealkylation sites (N-methyl/N-ethyl adjacent to an activating group) is 1. The number of carboxylic acid groups (broad SMARTS) is 1. The van der Waals surface area contributed by atoms with Crippen LogP contribution in [0.15, 0.2) is 12.1 Å². The molecule has 0 bridgehead atoms. The molecule has 110 valence electrons. The van der Waals surface area contributed by atoms with Crippen molar-refractivity contribution in [1.29, 1.82) is 0 Å². The Morgan fingerprint density at radius 1 is 1.35 bits per heavy atom. The van der Waals surface area contributed by atoms with Gasteiger partial charge in [0.1, 0.15) is 6.54 Å². The quantitative estimate of drug-likeness (QED) is 0.537. The molecule has 1 aromatic rings. The Bertz CT molecular complexity index is 511. The molecule has 1 aromatic heterocycles. The molecule has 20 heavy (non-hydrogen) atoms. The lowest BCUT2D eigenvalue weighted by Crippen LogP contribution is -2.40. The Labute approximate surface area is 114 Å². The second-order valence-corrected chi connectivity index (χ2v) is 4.44. The number of H-pyrrole nitrogens is 1. The average Bonchev–Trinajstić information content (AvgIpc) is 2.82. The van der Waals surface area contributed by atoms with Crippen molar-refractivity contribution in [1.82, 2.24) is 14.8 Å². The number of rotatable bonds is 7. The van der Waals surface area contributed by atoms with E-state index in [1.165, 1.54) is 6.07 Å². The van der Waals surface area contributed by atoms with E-state index in [2.05, 4.69) is 4.98 Å². The molecule has 2 N–H and O–H groups in total. The molecule has 0 aliphatic carbocycles. The zero-order chi connectivity index (χ0) is 15.3. The largest absolute Gasteiger partial charge is 0.480 e. The Morgan fingerprint density at radius 3 is 2.45 bits per heavy atom. The van der Waals surface area contributed by atoms with Gasteiger partial charge in [0.05, 0.1) is 0 Å². The van der Waals surface area contributed by atoms with Crippen LogP contribution in [0.1, 0.15) is 10.5 Å². The van der Waals surface area contributed by atoms with Crippen LogP contribution in [0.3, 0.4) is 0 Å². The smallest absolute Gasteiger partial charge is 0.323 e. The first-order chi connectivity index (χ1) is 9.31. The molecular weight excluding hydrogens is 268 g/mol. The summed E-state index contributed by atoms with van der Waals surface area (Å²) >= 11 is 0. The molecule has 0 unspecified atom stereocenters. The number of nitro groups is 1. The van der Waals surface area contributed by atoms with Crippen LogP contribution in [0.5, 0.6) is 0 Å². The molecule has 0 spiro atoms. The van der Waals surface area contributed by atoms with Gasteiger partial charge in [-0.15, -0.1) is 0 Å². The van der Waals surface area contributed by atoms with E-state index in [1.807, 2.05) is 0 Å². The van der Waals surface area contributed by atoms with Crippen molar-refractivity contribution < 1.29 is 19.6 Å². The number of nitrogens with one attached hydrogen (secondary N) is 1. The van der Waals surface area contributed by atoms with Crippen LogP contribution in [-0.2, 0) is 4.79 Å². The highest BCUT2D eigenvalue weighted by molar-refractivity contribution is 5.94. The summed E-state index contributed by atoms with van der Waals surface area (Å²) in [6.45, 7) is 0.242. The maximum absolute atomic E-state index is 12.1. The first-order valence-corrected chi connectivity index (χ1v) is 5.80. The first kappa shape index (κ1) is 15.6. The van der Waals surface area contributed by atoms with Crippen LogP contribution in [0.2, 0.25) is 0 Å². The van der Waals surface area contributed by atoms with E-state index < -0.39 is 23.3 Å². The summed E-state index contributed by atoms with van der Waals surface area (Å²) in [7, 11) is 3.59. The highest BCUT2D eigenvalue weighted by atomic mass is 16.6. The molecule has 0 radical (unpaired) electrons. The minimum atomic E-state index is -1.14. The second-order valence-electron chi connectivity index (χ2n) is 4.44. The summed E-state index contributed by atoms with van der Waals surface area (Å²) in [6, 6.07) is 2.43. The van der Waals surface area contributed by atoms with Gasteiger partial charge in [-0.05, 0) is 25.1 Å². The summed E-state index contributed by atoms with van der Waals surface area (Å²) in [5.74, 6) is -2.03. The standard InChI is InChI=1S/C11H16N4O5/c1-13(2)5-6-14(7-10(16)17)11(18)8-3-4-9(12-8)15(19)20/h3-4,12H,5-7H2,1-2H3,(H,16,17). The fourth-order valence-corrected chi connectivity index (χ4v) is 1.52. The fourth-order valence-electron chi connectivity index (χ4n) is 1.52. The van der Waals surface area contributed by atoms with Gasteiger partial charge in [0, 0.05) is 19.2 Å². The van der Waals surface area contributed by atoms with Crippen molar-refractivity contribution in [3.05, 3.63) is 27.9 Å². The zero-order valence-corrected chi connectivity index (χ0v) is 11.2. The molecule has 1 amide bonds. The molecule has 0 aliphatic heterocycles. The number of carbonyl (C=O) groups is 2. The molecule has 1 rings (SSSR count). The third-order valence-corrected chi connectivity index (χ3v) is 2.53. The number of hydrogen-bond donors (Lipinski definition) is 2. The lowest BCUT2D eigenvalue weighted by atomic mass is 10.3. The number of aliphatic carboxylic acids is 1. The van der Waals surface area contributed by atoms with Gasteiger partial charge in [0.25, 0.3) is 5.91 Å². The van der Waals surface area contributed by atoms with E-state index in [0.717, 1.165) is 11.0 Å². The number of carboxylic acids is 1. The van der Waals surface area contributed by atoms with Crippen molar-refractivity contribution in [3.63, 3.8) is 0 Å². The number of nitrogens with zero attached hydrogens (tertiary/aromatic N) is 3. The monoisotopic (exact) mass is 284 g/mol. The molecule has 0 atom stereocenters. The lowest BCUT2D eigenvalue weighted by molar-refractivity contribution is -0.389. The van der Waals surface area contributed by atoms with Crippen LogP contribution in [-0.4, -0.2) is 70.4 Å². The molecule has 0 saturated carbocycles. The number of aromatic nitrogens is 1. The minimum Gasteiger partial charge on any atom is -0.480 e. The Balaban J connectivity index is 2.84. The minimum absolute atomic E-state index is 0.00305. The molecule has 0 saturated heterocycles. The number of hydrogen-bond acceptors (Lipinski definition) is 5. The van der Waals surface area contributed by atoms with Gasteiger partial charge in [0.15, 0.2) is 5.69 Å². The maximum atomic E-state index is 12.1. The van der Waals surface area contributed by atoms with E-state index >= 15 is 0 Å². The normalized spacial score (nSPS) is 10.6. The van der Waals surface area contributed by atoms with Crippen LogP contribution >= 0.6 is 0 Å². The zero-order valence-electron chi connectivity index (χ0n) is 11.2. The van der Waals surface area contributed by atoms with Crippen LogP contribution in [0.25, 0.3) is 0 Å². The average molecular weight is 284 g/mol. The summed E-state index contributed by atoms with van der Waals surface area (Å²) in [4.78, 5) is 38.1. The van der Waals surface area contributed by atoms with Crippen molar-refractivity contribution >= 4 is 17.7 Å². The molecule has 1 heterocycles. The highest BCUT2D eigenvalue weighted by Gasteiger charge is 2.23. The van der Waals surface area contributed by atoms with E-state index in [1.54, 1.807) is 19.0 Å². The molecule has 0 fully saturated rings. The first-order valence-electron chi connectivity index (χ1n) is 5.80. The van der Waals surface area contributed by atoms with Gasteiger partial charge in [-0.2, -0.15) is 0 Å². The highest BCUT2D eigenvalue weighted by Crippen LogP contribution is 2.12. The molecule has 0 aromatic carbocycles. The molecule has 0 aliphatic rings. The lowest BCUT2D eigenvalue weighted by Gasteiger charge is -2.21. The maximum Gasteiger partial charge on any atom is 0.323 e. The SMILES string of the molecule is CN(C)CCN(CC(=O)O)C(=O)c1ccc([N+](=O)[O-])[nH]1. The Hall–Kier alpha value is -2.42. The van der Waals surface area contributed by atoms with Gasteiger partial charge < -0.3 is 25.0 Å². The van der Waals surface area contributed by atoms with Gasteiger partial charge in [0.2, 0.25) is 0 Å². The van der Waals surface area contributed by atoms with E-state index in [9.17, 15) is 19.7 Å². The van der Waals surface area contributed by atoms with Crippen molar-refractivity contribution in [2.45, 2.75) is 0 Å². The Kier molecular flexibility index (Phi) is 5.21. The van der Waals surface area contributed by atoms with Gasteiger partial charge in [-0.25, -0.2) is 4.98 Å². The predicted octanol–water partition coefficient (Wildman–Crippen LogP) is 0.0113. The molecule has 9 nitrogen and oxygen atoms in total. The molecular formula is C11H16N4O5. The topological polar surface area (TPSA) is 120 Å². The van der Waals surface area contributed by atoms with E-state index in [4.69, 9.17) is 5.11 Å². The van der Waals surface area contributed by atoms with Crippen molar-refractivity contribution in [2.24, 2.45) is 0 Å². The van der Waals surface area contributed by atoms with Gasteiger partial charge in [-0.1, -0.05) is 0 Å². The van der Waals surface area contributed by atoms with Crippen molar-refractivity contribution in [3.8, 4) is 0 Å². The number of amides is 1. The van der Waals surface area contributed by atoms with Gasteiger partial charge >= 0.3 is 11.8 Å².